The van der Waals surface area contributed by atoms with Crippen LogP contribution in [0.4, 0.5) is 8.78 Å². The Morgan fingerprint density at radius 3 is 2.57 bits per heavy atom. The molecule has 0 bridgehead atoms. The SMILES string of the molecule is COc1ccc(-c2nn(C(F)F)cc2-c2ccc3c(c2)CN(C2CCC(=O)NC2=O)C3=O)c(Cl)c1. The molecule has 1 unspecified atom stereocenters. The van der Waals surface area contributed by atoms with Gasteiger partial charge in [0, 0.05) is 35.9 Å². The molecule has 0 spiro atoms. The van der Waals surface area contributed by atoms with Crippen molar-refractivity contribution >= 4 is 29.3 Å². The highest BCUT2D eigenvalue weighted by Gasteiger charge is 2.39. The van der Waals surface area contributed by atoms with Crippen molar-refractivity contribution in [2.24, 2.45) is 0 Å². The topological polar surface area (TPSA) is 93.5 Å². The third kappa shape index (κ3) is 4.03. The number of alkyl halides is 2. The van der Waals surface area contributed by atoms with E-state index in [1.165, 1.54) is 18.2 Å². The van der Waals surface area contributed by atoms with E-state index in [0.717, 1.165) is 0 Å². The molecular formula is C24H19ClF2N4O4. The fourth-order valence-corrected chi connectivity index (χ4v) is 4.72. The van der Waals surface area contributed by atoms with Gasteiger partial charge in [-0.25, -0.2) is 4.68 Å². The van der Waals surface area contributed by atoms with Gasteiger partial charge in [0.25, 0.3) is 5.91 Å². The summed E-state index contributed by atoms with van der Waals surface area (Å²) in [5, 5.41) is 6.62. The maximum Gasteiger partial charge on any atom is 0.333 e. The van der Waals surface area contributed by atoms with Crippen molar-refractivity contribution < 1.29 is 27.9 Å². The summed E-state index contributed by atoms with van der Waals surface area (Å²) in [5.41, 5.74) is 2.74. The van der Waals surface area contributed by atoms with E-state index >= 15 is 0 Å². The second-order valence-corrected chi connectivity index (χ2v) is 8.67. The summed E-state index contributed by atoms with van der Waals surface area (Å²) in [6.07, 6.45) is 1.64. The number of rotatable bonds is 5. The first-order valence-electron chi connectivity index (χ1n) is 10.8. The fourth-order valence-electron chi connectivity index (χ4n) is 4.46. The van der Waals surface area contributed by atoms with Crippen LogP contribution in [-0.2, 0) is 16.1 Å². The van der Waals surface area contributed by atoms with Gasteiger partial charge >= 0.3 is 6.55 Å². The molecule has 1 atom stereocenters. The van der Waals surface area contributed by atoms with E-state index in [9.17, 15) is 23.2 Å². The Balaban J connectivity index is 1.53. The van der Waals surface area contributed by atoms with Crippen LogP contribution in [0.5, 0.6) is 5.75 Å². The summed E-state index contributed by atoms with van der Waals surface area (Å²) in [4.78, 5) is 38.2. The van der Waals surface area contributed by atoms with Crippen LogP contribution in [0.3, 0.4) is 0 Å². The largest absolute Gasteiger partial charge is 0.497 e. The van der Waals surface area contributed by atoms with Crippen LogP contribution >= 0.6 is 11.6 Å². The number of fused-ring (bicyclic) bond motifs is 1. The molecule has 1 N–H and O–H groups in total. The molecule has 5 rings (SSSR count). The van der Waals surface area contributed by atoms with E-state index < -0.39 is 18.5 Å². The van der Waals surface area contributed by atoms with Crippen molar-refractivity contribution in [2.45, 2.75) is 32.0 Å². The number of methoxy groups -OCH3 is 1. The quantitative estimate of drug-likeness (QED) is 0.534. The van der Waals surface area contributed by atoms with Gasteiger partial charge in [-0.1, -0.05) is 17.7 Å². The summed E-state index contributed by atoms with van der Waals surface area (Å²) in [7, 11) is 1.49. The van der Waals surface area contributed by atoms with Crippen LogP contribution in [-0.4, -0.2) is 45.6 Å². The van der Waals surface area contributed by atoms with Crippen LogP contribution in [0.1, 0.15) is 35.3 Å². The molecule has 0 radical (unpaired) electrons. The predicted molar refractivity (Wildman–Crippen MR) is 122 cm³/mol. The van der Waals surface area contributed by atoms with Crippen LogP contribution in [0.15, 0.2) is 42.6 Å². The molecule has 3 amide bonds. The van der Waals surface area contributed by atoms with Gasteiger partial charge in [0.1, 0.15) is 17.5 Å². The molecule has 35 heavy (non-hydrogen) atoms. The standard InChI is InChI=1S/C24H19ClF2N4O4/c1-35-14-3-5-16(18(25)9-14)21-17(11-31(29-21)24(26)27)12-2-4-15-13(8-12)10-30(23(15)34)19-6-7-20(32)28-22(19)33/h2-5,8-9,11,19,24H,6-7,10H2,1H3,(H,28,32,33). The van der Waals surface area contributed by atoms with Crippen LogP contribution in [0.2, 0.25) is 5.02 Å². The minimum Gasteiger partial charge on any atom is -0.497 e. The molecule has 1 fully saturated rings. The lowest BCUT2D eigenvalue weighted by molar-refractivity contribution is -0.136. The molecule has 2 aliphatic heterocycles. The summed E-state index contributed by atoms with van der Waals surface area (Å²) >= 11 is 6.40. The molecule has 0 aliphatic carbocycles. The van der Waals surface area contributed by atoms with Crippen molar-refractivity contribution in [3.63, 3.8) is 0 Å². The second-order valence-electron chi connectivity index (χ2n) is 8.27. The summed E-state index contributed by atoms with van der Waals surface area (Å²) in [6.45, 7) is -2.70. The Labute approximate surface area is 203 Å². The van der Waals surface area contributed by atoms with Crippen LogP contribution < -0.4 is 10.1 Å². The summed E-state index contributed by atoms with van der Waals surface area (Å²) < 4.78 is 32.8. The fraction of sp³-hybridized carbons (Fsp3) is 0.250. The van der Waals surface area contributed by atoms with Gasteiger partial charge < -0.3 is 9.64 Å². The normalized spacial score (nSPS) is 17.7. The van der Waals surface area contributed by atoms with Gasteiger partial charge in [-0.15, -0.1) is 0 Å². The molecule has 2 aromatic carbocycles. The number of halogens is 3. The van der Waals surface area contributed by atoms with E-state index in [1.807, 2.05) is 0 Å². The maximum atomic E-state index is 13.5. The third-order valence-corrected chi connectivity index (χ3v) is 6.51. The highest BCUT2D eigenvalue weighted by Crippen LogP contribution is 2.39. The molecule has 1 saturated heterocycles. The number of aromatic nitrogens is 2. The van der Waals surface area contributed by atoms with Gasteiger partial charge in [0.15, 0.2) is 0 Å². The zero-order chi connectivity index (χ0) is 24.9. The highest BCUT2D eigenvalue weighted by molar-refractivity contribution is 6.33. The number of carbonyl (C=O) groups excluding carboxylic acids is 3. The first-order valence-corrected chi connectivity index (χ1v) is 11.1. The monoisotopic (exact) mass is 500 g/mol. The van der Waals surface area contributed by atoms with E-state index in [1.54, 1.807) is 36.4 Å². The smallest absolute Gasteiger partial charge is 0.333 e. The molecule has 3 aromatic rings. The van der Waals surface area contributed by atoms with Crippen molar-refractivity contribution in [3.8, 4) is 28.1 Å². The Morgan fingerprint density at radius 1 is 1.11 bits per heavy atom. The number of hydrogen-bond donors (Lipinski definition) is 1. The van der Waals surface area contributed by atoms with E-state index in [2.05, 4.69) is 10.4 Å². The number of nitrogens with one attached hydrogen (secondary N) is 1. The van der Waals surface area contributed by atoms with Gasteiger partial charge in [-0.05, 0) is 47.9 Å². The molecule has 11 heteroatoms. The summed E-state index contributed by atoms with van der Waals surface area (Å²) in [6, 6.07) is 9.12. The number of benzene rings is 2. The van der Waals surface area contributed by atoms with Gasteiger partial charge in [0.05, 0.1) is 12.1 Å². The van der Waals surface area contributed by atoms with Gasteiger partial charge in [0.2, 0.25) is 11.8 Å². The van der Waals surface area contributed by atoms with Gasteiger partial charge in [-0.2, -0.15) is 13.9 Å². The number of amides is 3. The molecule has 1 aromatic heterocycles. The third-order valence-electron chi connectivity index (χ3n) is 6.20. The number of ether oxygens (including phenoxy) is 1. The molecule has 180 valence electrons. The molecular weight excluding hydrogens is 482 g/mol. The van der Waals surface area contributed by atoms with Crippen molar-refractivity contribution in [3.05, 3.63) is 58.7 Å². The minimum atomic E-state index is -2.86. The first-order chi connectivity index (χ1) is 16.8. The van der Waals surface area contributed by atoms with Crippen molar-refractivity contribution in [1.29, 1.82) is 0 Å². The average molecular weight is 501 g/mol. The van der Waals surface area contributed by atoms with Crippen molar-refractivity contribution in [1.82, 2.24) is 20.0 Å². The second kappa shape index (κ2) is 8.77. The highest BCUT2D eigenvalue weighted by atomic mass is 35.5. The average Bonchev–Trinajstić information content (AvgIpc) is 3.41. The van der Waals surface area contributed by atoms with E-state index in [4.69, 9.17) is 16.3 Å². The Bertz CT molecular complexity index is 1370. The molecule has 3 heterocycles. The predicted octanol–water partition coefficient (Wildman–Crippen LogP) is 4.04. The molecule has 8 nitrogen and oxygen atoms in total. The van der Waals surface area contributed by atoms with Gasteiger partial charge in [-0.3, -0.25) is 19.7 Å². The number of nitrogens with zero attached hydrogens (tertiary/aromatic N) is 3. The van der Waals surface area contributed by atoms with Crippen molar-refractivity contribution in [2.75, 3.05) is 7.11 Å². The minimum absolute atomic E-state index is 0.153. The Hall–Kier alpha value is -3.79. The van der Waals surface area contributed by atoms with E-state index in [-0.39, 0.29) is 41.9 Å². The van der Waals surface area contributed by atoms with E-state index in [0.29, 0.717) is 38.2 Å². The lowest BCUT2D eigenvalue weighted by atomic mass is 9.98. The lowest BCUT2D eigenvalue weighted by Crippen LogP contribution is -2.52. The van der Waals surface area contributed by atoms with Crippen LogP contribution in [0, 0.1) is 0 Å². The number of carbonyl (C=O) groups is 3. The Morgan fingerprint density at radius 2 is 1.89 bits per heavy atom. The molecule has 2 aliphatic rings. The summed E-state index contributed by atoms with van der Waals surface area (Å²) in [5.74, 6) is -0.670. The Kier molecular flexibility index (Phi) is 5.76. The number of piperidine rings is 1. The first kappa shape index (κ1) is 23.0. The van der Waals surface area contributed by atoms with Crippen LogP contribution in [0.25, 0.3) is 22.4 Å². The number of hydrogen-bond acceptors (Lipinski definition) is 5. The zero-order valence-electron chi connectivity index (χ0n) is 18.4. The lowest BCUT2D eigenvalue weighted by Gasteiger charge is -2.29. The maximum absolute atomic E-state index is 13.5. The zero-order valence-corrected chi connectivity index (χ0v) is 19.2. The molecule has 0 saturated carbocycles. The number of imide groups is 1.